The van der Waals surface area contributed by atoms with Crippen molar-refractivity contribution in [1.82, 2.24) is 9.55 Å². The summed E-state index contributed by atoms with van der Waals surface area (Å²) in [6.07, 6.45) is 5.42. The largest absolute Gasteiger partial charge is 0.365 e. The first-order valence-corrected chi connectivity index (χ1v) is 14.2. The minimum Gasteiger partial charge on any atom is -0.365 e. The first kappa shape index (κ1) is 24.5. The number of thioether (sulfide) groups is 1. The van der Waals surface area contributed by atoms with Crippen molar-refractivity contribution >= 4 is 61.5 Å². The Morgan fingerprint density at radius 3 is 2.75 bits per heavy atom. The molecule has 0 radical (unpaired) electrons. The van der Waals surface area contributed by atoms with Crippen molar-refractivity contribution in [2.24, 2.45) is 5.73 Å². The molecule has 0 fully saturated rings. The summed E-state index contributed by atoms with van der Waals surface area (Å²) >= 11 is 4.02. The van der Waals surface area contributed by atoms with Gasteiger partial charge in [0.1, 0.15) is 9.83 Å². The molecule has 0 saturated heterocycles. The van der Waals surface area contributed by atoms with E-state index in [0.717, 1.165) is 47.3 Å². The highest BCUT2D eigenvalue weighted by atomic mass is 32.2. The zero-order valence-electron chi connectivity index (χ0n) is 19.4. The number of hydrogen-bond donors (Lipinski definition) is 2. The maximum absolute atomic E-state index is 13.5. The summed E-state index contributed by atoms with van der Waals surface area (Å²) in [7, 11) is 0. The van der Waals surface area contributed by atoms with Gasteiger partial charge in [-0.2, -0.15) is 0 Å². The second-order valence-electron chi connectivity index (χ2n) is 8.41. The number of aromatic nitrogens is 2. The minimum atomic E-state index is -0.517. The predicted molar refractivity (Wildman–Crippen MR) is 148 cm³/mol. The number of anilines is 1. The fourth-order valence-electron chi connectivity index (χ4n) is 4.44. The molecule has 0 spiro atoms. The van der Waals surface area contributed by atoms with Gasteiger partial charge in [0.2, 0.25) is 5.91 Å². The molecule has 1 aromatic carbocycles. The van der Waals surface area contributed by atoms with Gasteiger partial charge in [-0.1, -0.05) is 48.2 Å². The lowest BCUT2D eigenvalue weighted by molar-refractivity contribution is -0.113. The van der Waals surface area contributed by atoms with Gasteiger partial charge in [-0.05, 0) is 36.8 Å². The van der Waals surface area contributed by atoms with E-state index in [0.29, 0.717) is 25.9 Å². The normalized spacial score (nSPS) is 12.9. The number of allylic oxidation sites excluding steroid dienone is 1. The van der Waals surface area contributed by atoms with Crippen LogP contribution < -0.4 is 16.6 Å². The number of nitrogens with two attached hydrogens (primary N) is 1. The van der Waals surface area contributed by atoms with Crippen molar-refractivity contribution in [3.63, 3.8) is 0 Å². The lowest BCUT2D eigenvalue weighted by Crippen LogP contribution is -2.24. The van der Waals surface area contributed by atoms with Crippen LogP contribution in [0.5, 0.6) is 0 Å². The van der Waals surface area contributed by atoms with Crippen molar-refractivity contribution < 1.29 is 9.59 Å². The van der Waals surface area contributed by atoms with Crippen LogP contribution in [0.3, 0.4) is 0 Å². The molecule has 0 aliphatic heterocycles. The van der Waals surface area contributed by atoms with Gasteiger partial charge < -0.3 is 11.1 Å². The Hall–Kier alpha value is -3.21. The lowest BCUT2D eigenvalue weighted by Gasteiger charge is -2.11. The van der Waals surface area contributed by atoms with E-state index >= 15 is 0 Å². The standard InChI is InChI=1S/C26H24N4O3S3/c1-2-12-30-25(33)21-17(15-8-4-3-5-9-15)13-34-23(21)29-26(30)35-14-19(31)28-24-20(22(27)32)16-10-6-7-11-18(16)36-24/h2-5,8-9,13H,1,6-7,10-12,14H2,(H2,27,32)(H,28,31). The molecule has 3 N–H and O–H groups in total. The number of fused-ring (bicyclic) bond motifs is 2. The number of rotatable bonds is 8. The monoisotopic (exact) mass is 536 g/mol. The summed E-state index contributed by atoms with van der Waals surface area (Å²) < 4.78 is 1.55. The van der Waals surface area contributed by atoms with Crippen LogP contribution in [0.1, 0.15) is 33.6 Å². The Kier molecular flexibility index (Phi) is 7.08. The smallest absolute Gasteiger partial charge is 0.263 e. The van der Waals surface area contributed by atoms with Crippen molar-refractivity contribution in [2.45, 2.75) is 37.4 Å². The molecule has 7 nitrogen and oxygen atoms in total. The van der Waals surface area contributed by atoms with Crippen LogP contribution in [0, 0.1) is 0 Å². The van der Waals surface area contributed by atoms with Gasteiger partial charge in [0.15, 0.2) is 5.16 Å². The number of benzene rings is 1. The molecule has 0 atom stereocenters. The molecule has 10 heteroatoms. The molecule has 0 unspecified atom stereocenters. The summed E-state index contributed by atoms with van der Waals surface area (Å²) in [5.74, 6) is -0.764. The van der Waals surface area contributed by atoms with Crippen molar-refractivity contribution in [1.29, 1.82) is 0 Å². The first-order chi connectivity index (χ1) is 17.5. The van der Waals surface area contributed by atoms with E-state index in [2.05, 4.69) is 11.9 Å². The van der Waals surface area contributed by atoms with Gasteiger partial charge in [0, 0.05) is 22.4 Å². The van der Waals surface area contributed by atoms with Crippen LogP contribution in [0.15, 0.2) is 58.3 Å². The highest BCUT2D eigenvalue weighted by Crippen LogP contribution is 2.38. The van der Waals surface area contributed by atoms with Gasteiger partial charge in [-0.25, -0.2) is 4.98 Å². The maximum Gasteiger partial charge on any atom is 0.263 e. The molecular formula is C26H24N4O3S3. The number of primary amides is 1. The molecule has 0 saturated carbocycles. The summed E-state index contributed by atoms with van der Waals surface area (Å²) in [5, 5.41) is 6.34. The molecular weight excluding hydrogens is 513 g/mol. The van der Waals surface area contributed by atoms with Crippen LogP contribution in [0.2, 0.25) is 0 Å². The SMILES string of the molecule is C=CCn1c(SCC(=O)Nc2sc3c(c2C(N)=O)CCCC3)nc2scc(-c3ccccc3)c2c1=O. The Morgan fingerprint density at radius 2 is 2.00 bits per heavy atom. The fraction of sp³-hybridized carbons (Fsp3) is 0.231. The summed E-state index contributed by atoms with van der Waals surface area (Å²) in [5.41, 5.74) is 8.69. The first-order valence-electron chi connectivity index (χ1n) is 11.5. The van der Waals surface area contributed by atoms with Crippen LogP contribution in [-0.2, 0) is 24.2 Å². The summed E-state index contributed by atoms with van der Waals surface area (Å²) in [6, 6.07) is 9.74. The number of carbonyl (C=O) groups is 2. The number of carbonyl (C=O) groups excluding carboxylic acids is 2. The lowest BCUT2D eigenvalue weighted by atomic mass is 9.95. The third-order valence-corrected chi connectivity index (χ3v) is 9.11. The van der Waals surface area contributed by atoms with E-state index in [9.17, 15) is 14.4 Å². The topological polar surface area (TPSA) is 107 Å². The fourth-order valence-corrected chi connectivity index (χ4v) is 7.55. The molecule has 4 aromatic rings. The minimum absolute atomic E-state index is 0.0345. The number of thiophene rings is 2. The third-order valence-electron chi connectivity index (χ3n) is 6.06. The van der Waals surface area contributed by atoms with E-state index in [1.807, 2.05) is 35.7 Å². The number of amides is 2. The second-order valence-corrected chi connectivity index (χ2v) is 11.3. The molecule has 184 valence electrons. The Bertz CT molecular complexity index is 1540. The van der Waals surface area contributed by atoms with E-state index in [1.54, 1.807) is 10.6 Å². The molecule has 36 heavy (non-hydrogen) atoms. The Morgan fingerprint density at radius 1 is 1.22 bits per heavy atom. The average molecular weight is 537 g/mol. The van der Waals surface area contributed by atoms with E-state index in [4.69, 9.17) is 10.7 Å². The van der Waals surface area contributed by atoms with Crippen LogP contribution in [-0.4, -0.2) is 27.1 Å². The predicted octanol–water partition coefficient (Wildman–Crippen LogP) is 5.08. The molecule has 0 bridgehead atoms. The van der Waals surface area contributed by atoms with Crippen molar-refractivity contribution in [3.8, 4) is 11.1 Å². The number of nitrogens with one attached hydrogen (secondary N) is 1. The van der Waals surface area contributed by atoms with Gasteiger partial charge in [0.05, 0.1) is 16.7 Å². The quantitative estimate of drug-likeness (QED) is 0.186. The molecule has 3 aromatic heterocycles. The van der Waals surface area contributed by atoms with Crippen LogP contribution in [0.25, 0.3) is 21.3 Å². The molecule has 3 heterocycles. The van der Waals surface area contributed by atoms with Crippen LogP contribution in [0.4, 0.5) is 5.00 Å². The van der Waals surface area contributed by atoms with E-state index in [-0.39, 0.29) is 23.8 Å². The van der Waals surface area contributed by atoms with Crippen LogP contribution >= 0.6 is 34.4 Å². The van der Waals surface area contributed by atoms with Crippen molar-refractivity contribution in [3.05, 3.63) is 74.7 Å². The number of hydrogen-bond acceptors (Lipinski definition) is 7. The Balaban J connectivity index is 1.41. The molecule has 1 aliphatic rings. The third kappa shape index (κ3) is 4.63. The zero-order chi connectivity index (χ0) is 25.2. The van der Waals surface area contributed by atoms with E-state index < -0.39 is 5.91 Å². The van der Waals surface area contributed by atoms with Gasteiger partial charge in [-0.3, -0.25) is 19.0 Å². The highest BCUT2D eigenvalue weighted by molar-refractivity contribution is 7.99. The number of nitrogens with zero attached hydrogens (tertiary/aromatic N) is 2. The van der Waals surface area contributed by atoms with Gasteiger partial charge >= 0.3 is 0 Å². The van der Waals surface area contributed by atoms with Gasteiger partial charge in [0.25, 0.3) is 11.5 Å². The maximum atomic E-state index is 13.5. The van der Waals surface area contributed by atoms with E-state index in [1.165, 1.54) is 34.4 Å². The molecule has 2 amide bonds. The summed E-state index contributed by atoms with van der Waals surface area (Å²) in [6.45, 7) is 4.06. The van der Waals surface area contributed by atoms with Crippen molar-refractivity contribution in [2.75, 3.05) is 11.1 Å². The van der Waals surface area contributed by atoms with Gasteiger partial charge in [-0.15, -0.1) is 29.3 Å². The Labute approximate surface area is 220 Å². The molecule has 5 rings (SSSR count). The average Bonchev–Trinajstić information content (AvgIpc) is 3.46. The second kappa shape index (κ2) is 10.4. The highest BCUT2D eigenvalue weighted by Gasteiger charge is 2.25. The zero-order valence-corrected chi connectivity index (χ0v) is 21.9. The summed E-state index contributed by atoms with van der Waals surface area (Å²) in [4.78, 5) is 44.9. The molecule has 1 aliphatic carbocycles. The number of aryl methyl sites for hydroxylation is 1.